The van der Waals surface area contributed by atoms with E-state index < -0.39 is 0 Å². The van der Waals surface area contributed by atoms with Gasteiger partial charge in [0.2, 0.25) is 0 Å². The van der Waals surface area contributed by atoms with E-state index in [9.17, 15) is 9.59 Å². The molecule has 0 aliphatic carbocycles. The summed E-state index contributed by atoms with van der Waals surface area (Å²) < 4.78 is 0. The summed E-state index contributed by atoms with van der Waals surface area (Å²) in [5, 5.41) is 21.9. The molecule has 330 valence electrons. The molecule has 5 heterocycles. The van der Waals surface area contributed by atoms with E-state index in [1.807, 2.05) is 97.1 Å². The van der Waals surface area contributed by atoms with Crippen LogP contribution in [0.25, 0.3) is 89.7 Å². The van der Waals surface area contributed by atoms with Gasteiger partial charge < -0.3 is 40.1 Å². The van der Waals surface area contributed by atoms with Crippen molar-refractivity contribution in [3.8, 4) is 45.6 Å². The minimum atomic E-state index is -0.0806. The summed E-state index contributed by atoms with van der Waals surface area (Å²) in [5.41, 5.74) is 5.78. The van der Waals surface area contributed by atoms with Gasteiger partial charge in [-0.1, -0.05) is 149 Å². The van der Waals surface area contributed by atoms with Gasteiger partial charge in [0.15, 0.2) is 11.6 Å². The molecule has 8 bridgehead atoms. The first-order valence-electron chi connectivity index (χ1n) is 22.0. The van der Waals surface area contributed by atoms with E-state index in [0.29, 0.717) is 58.7 Å². The largest absolute Gasteiger partial charge is 0.512 e. The summed E-state index contributed by atoms with van der Waals surface area (Å²) in [4.78, 5) is 60.3. The van der Waals surface area contributed by atoms with Gasteiger partial charge in [-0.05, 0) is 48.2 Å². The molecule has 2 N–H and O–H groups in total. The number of allylic oxidation sites excluding steroid dienone is 4. The van der Waals surface area contributed by atoms with Gasteiger partial charge in [-0.25, -0.2) is 9.97 Å². The van der Waals surface area contributed by atoms with Gasteiger partial charge in [-0.3, -0.25) is 9.59 Å². The average molecular weight is 1030 g/mol. The Bertz CT molecular complexity index is 2690. The van der Waals surface area contributed by atoms with Gasteiger partial charge in [0.25, 0.3) is 0 Å². The van der Waals surface area contributed by atoms with Crippen molar-refractivity contribution in [1.82, 2.24) is 39.9 Å². The third-order valence-electron chi connectivity index (χ3n) is 10.6. The topological polar surface area (TPSA) is 180 Å². The van der Waals surface area contributed by atoms with Crippen LogP contribution < -0.4 is 9.97 Å². The van der Waals surface area contributed by atoms with Crippen molar-refractivity contribution in [2.24, 2.45) is 0 Å². The minimum absolute atomic E-state index is 0. The van der Waals surface area contributed by atoms with Crippen LogP contribution in [0, 0.1) is 0 Å². The Hall–Kier alpha value is -6.47. The number of aromatic nitrogens is 8. The molecule has 0 unspecified atom stereocenters. The summed E-state index contributed by atoms with van der Waals surface area (Å²) in [6.07, 6.45) is 12.9. The second kappa shape index (κ2) is 22.9. The molecule has 0 amide bonds. The van der Waals surface area contributed by atoms with Gasteiger partial charge >= 0.3 is 0 Å². The van der Waals surface area contributed by atoms with Gasteiger partial charge in [-0.2, -0.15) is 0 Å². The van der Waals surface area contributed by atoms with Crippen LogP contribution in [0.5, 0.6) is 0 Å². The Morgan fingerprint density at radius 1 is 0.446 bits per heavy atom. The molecular weight excluding hydrogens is 979 g/mol. The second-order valence-corrected chi connectivity index (χ2v) is 15.8. The van der Waals surface area contributed by atoms with Gasteiger partial charge in [0.05, 0.1) is 34.8 Å². The third-order valence-corrected chi connectivity index (χ3v) is 10.6. The van der Waals surface area contributed by atoms with Crippen molar-refractivity contribution in [2.45, 2.75) is 91.9 Å². The first-order chi connectivity index (χ1) is 31.1. The van der Waals surface area contributed by atoms with Crippen LogP contribution in [-0.2, 0) is 35.4 Å². The number of unbranched alkanes of at least 4 members (excludes halogenated alkanes) is 6. The number of rotatable bonds is 12. The number of benzene rings is 4. The number of hydrogen-bond donors (Lipinski definition) is 2. The van der Waals surface area contributed by atoms with Crippen molar-refractivity contribution < 1.29 is 45.6 Å². The molecule has 4 aromatic carbocycles. The van der Waals surface area contributed by atoms with E-state index in [4.69, 9.17) is 50.1 Å². The molecule has 0 saturated carbocycles. The van der Waals surface area contributed by atoms with Crippen LogP contribution in [0.1, 0.15) is 91.9 Å². The van der Waals surface area contributed by atoms with Crippen molar-refractivity contribution in [1.29, 1.82) is 0 Å². The molecule has 13 heteroatoms. The Kier molecular flexibility index (Phi) is 16.9. The van der Waals surface area contributed by atoms with E-state index in [0.717, 1.165) is 69.5 Å². The molecule has 3 aromatic heterocycles. The van der Waals surface area contributed by atoms with Gasteiger partial charge in [-0.15, -0.1) is 0 Å². The number of aliphatic hydroxyl groups excluding tert-OH is 2. The quantitative estimate of drug-likeness (QED) is 0.0512. The predicted octanol–water partition coefficient (Wildman–Crippen LogP) is 12.1. The zero-order chi connectivity index (χ0) is 45.0. The standard InChI is InChI=1S/C32H16N8.2C10H18O2.Hf/c1-2-10-18-17(9-1)25-33-26(18)38-28-21-13-5-6-14-22(21)30(35-28)40-32-24-16-8-7-15-23(24)31(36-32)39-29-20-12-4-3-11-19(20)27(34-29)37-25;2*1-3-4-5-6-7-10(12)8-9(2)11;/h1-16H;2*8,12H,3-7H2,1-2H3;/q-2;;;. The van der Waals surface area contributed by atoms with Crippen LogP contribution in [0.4, 0.5) is 0 Å². The fourth-order valence-corrected chi connectivity index (χ4v) is 7.54. The fourth-order valence-electron chi connectivity index (χ4n) is 7.54. The number of carbonyl (C=O) groups excluding carboxylic acids is 2. The monoisotopic (exact) mass is 1030 g/mol. The Morgan fingerprint density at radius 2 is 0.723 bits per heavy atom. The van der Waals surface area contributed by atoms with Crippen LogP contribution in [0.2, 0.25) is 0 Å². The third kappa shape index (κ3) is 12.0. The van der Waals surface area contributed by atoms with Crippen LogP contribution in [0.15, 0.2) is 121 Å². The number of aliphatic hydroxyl groups is 2. The normalized spacial score (nSPS) is 11.7. The first kappa shape index (κ1) is 48.0. The number of carbonyl (C=O) groups is 2. The van der Waals surface area contributed by atoms with Crippen LogP contribution >= 0.6 is 0 Å². The molecule has 0 atom stereocenters. The van der Waals surface area contributed by atoms with E-state index in [1.54, 1.807) is 0 Å². The SMILES string of the molecule is CCCCCCC(O)=CC(C)=O.CCCCCCC(O)=CC(C)=O.[Hf].c1ccc2c(c1)-c1nc-2nc2[n-]c(nc3nc(nc4[n-]c(n1)c1ccccc41)-c1ccccc1-3)c1ccccc21. The number of hydrogen-bond acceptors (Lipinski definition) is 10. The number of fused-ring (bicyclic) bond motifs is 20. The van der Waals surface area contributed by atoms with Gasteiger partial charge in [0, 0.05) is 95.7 Å². The smallest absolute Gasteiger partial charge is 0.155 e. The molecular formula is C52H52HfN8O4-2. The van der Waals surface area contributed by atoms with Crippen LogP contribution in [-0.4, -0.2) is 51.7 Å². The summed E-state index contributed by atoms with van der Waals surface area (Å²) in [6, 6.07) is 31.8. The van der Waals surface area contributed by atoms with E-state index in [-0.39, 0.29) is 48.9 Å². The van der Waals surface area contributed by atoms with E-state index in [2.05, 4.69) is 13.8 Å². The van der Waals surface area contributed by atoms with E-state index >= 15 is 0 Å². The second-order valence-electron chi connectivity index (χ2n) is 15.8. The maximum absolute atomic E-state index is 10.5. The zero-order valence-electron chi connectivity index (χ0n) is 37.3. The number of ketones is 2. The van der Waals surface area contributed by atoms with Crippen molar-refractivity contribution in [3.05, 3.63) is 121 Å². The Morgan fingerprint density at radius 3 is 0.985 bits per heavy atom. The summed E-state index contributed by atoms with van der Waals surface area (Å²) in [7, 11) is 0. The minimum Gasteiger partial charge on any atom is -0.512 e. The van der Waals surface area contributed by atoms with Crippen molar-refractivity contribution in [2.75, 3.05) is 0 Å². The molecule has 9 rings (SSSR count). The molecule has 7 aromatic rings. The van der Waals surface area contributed by atoms with Crippen LogP contribution in [0.3, 0.4) is 0 Å². The summed E-state index contributed by atoms with van der Waals surface area (Å²) >= 11 is 0. The van der Waals surface area contributed by atoms with E-state index in [1.165, 1.54) is 51.7 Å². The zero-order valence-corrected chi connectivity index (χ0v) is 40.8. The maximum Gasteiger partial charge on any atom is 0.155 e. The molecule has 65 heavy (non-hydrogen) atoms. The summed E-state index contributed by atoms with van der Waals surface area (Å²) in [6.45, 7) is 7.18. The summed E-state index contributed by atoms with van der Waals surface area (Å²) in [5.74, 6) is 2.49. The maximum atomic E-state index is 10.5. The Labute approximate surface area is 397 Å². The molecule has 0 radical (unpaired) electrons. The molecule has 0 saturated heterocycles. The van der Waals surface area contributed by atoms with Crippen molar-refractivity contribution >= 4 is 55.7 Å². The molecule has 12 nitrogen and oxygen atoms in total. The molecule has 2 aliphatic heterocycles. The molecule has 0 spiro atoms. The number of nitrogens with zero attached hydrogens (tertiary/aromatic N) is 8. The predicted molar refractivity (Wildman–Crippen MR) is 254 cm³/mol. The van der Waals surface area contributed by atoms with Gasteiger partial charge in [0.1, 0.15) is 0 Å². The average Bonchev–Trinajstić information content (AvgIpc) is 4.03. The molecule has 0 fully saturated rings. The fraction of sp³-hybridized carbons (Fsp3) is 0.269. The first-order valence-corrected chi connectivity index (χ1v) is 22.0. The van der Waals surface area contributed by atoms with Crippen molar-refractivity contribution in [3.63, 3.8) is 0 Å². The Balaban J connectivity index is 0.000000234. The molecule has 2 aliphatic rings.